The first-order chi connectivity index (χ1) is 9.30. The van der Waals surface area contributed by atoms with Crippen molar-refractivity contribution >= 4 is 0 Å². The molecule has 1 aliphatic carbocycles. The van der Waals surface area contributed by atoms with Crippen molar-refractivity contribution in [1.82, 2.24) is 5.32 Å². The van der Waals surface area contributed by atoms with E-state index < -0.39 is 5.60 Å². The summed E-state index contributed by atoms with van der Waals surface area (Å²) in [7, 11) is 0. The molecular weight excluding hydrogens is 254 g/mol. The smallest absolute Gasteiger partial charge is 0.123 e. The van der Waals surface area contributed by atoms with Gasteiger partial charge in [0.2, 0.25) is 0 Å². The van der Waals surface area contributed by atoms with Gasteiger partial charge >= 0.3 is 0 Å². The largest absolute Gasteiger partial charge is 0.508 e. The maximum absolute atomic E-state index is 10.5. The van der Waals surface area contributed by atoms with E-state index in [-0.39, 0.29) is 11.5 Å². The Morgan fingerprint density at radius 1 is 1.10 bits per heavy atom. The predicted octanol–water partition coefficient (Wildman–Crippen LogP) is 2.52. The van der Waals surface area contributed by atoms with Crippen LogP contribution in [-0.2, 0) is 6.54 Å². The Labute approximate surface area is 120 Å². The molecule has 112 valence electrons. The van der Waals surface area contributed by atoms with E-state index in [1.807, 2.05) is 0 Å². The molecule has 0 atom stereocenters. The zero-order valence-corrected chi connectivity index (χ0v) is 12.3. The highest BCUT2D eigenvalue weighted by Crippen LogP contribution is 2.39. The molecule has 0 amide bonds. The van der Waals surface area contributed by atoms with Crippen LogP contribution in [0.2, 0.25) is 0 Å². The zero-order valence-electron chi connectivity index (χ0n) is 12.3. The highest BCUT2D eigenvalue weighted by Gasteiger charge is 2.36. The Kier molecular flexibility index (Phi) is 4.25. The van der Waals surface area contributed by atoms with Gasteiger partial charge in [0.25, 0.3) is 0 Å². The summed E-state index contributed by atoms with van der Waals surface area (Å²) in [5.41, 5.74) is 0.423. The molecule has 4 nitrogen and oxygen atoms in total. The van der Waals surface area contributed by atoms with Crippen LogP contribution >= 0.6 is 0 Å². The Morgan fingerprint density at radius 3 is 2.35 bits per heavy atom. The van der Waals surface area contributed by atoms with Crippen LogP contribution in [-0.4, -0.2) is 27.5 Å². The topological polar surface area (TPSA) is 72.7 Å². The van der Waals surface area contributed by atoms with Crippen LogP contribution in [0.4, 0.5) is 0 Å². The van der Waals surface area contributed by atoms with E-state index >= 15 is 0 Å². The molecule has 4 N–H and O–H groups in total. The molecule has 1 aromatic rings. The summed E-state index contributed by atoms with van der Waals surface area (Å²) >= 11 is 0. The third-order valence-corrected chi connectivity index (χ3v) is 4.37. The molecule has 1 aromatic carbocycles. The third-order valence-electron chi connectivity index (χ3n) is 4.37. The standard InChI is InChI=1S/C16H25NO3/c1-15(2)5-7-16(20,8-6-15)11-17-10-12-3-4-13(18)9-14(12)19/h3-4,9,17-20H,5-8,10-11H2,1-2H3. The summed E-state index contributed by atoms with van der Waals surface area (Å²) in [6, 6.07) is 4.56. The minimum absolute atomic E-state index is 0.0550. The number of hydrogen-bond acceptors (Lipinski definition) is 4. The van der Waals surface area contributed by atoms with Crippen LogP contribution in [0.25, 0.3) is 0 Å². The molecule has 1 fully saturated rings. The van der Waals surface area contributed by atoms with Crippen molar-refractivity contribution in [3.8, 4) is 11.5 Å². The molecule has 0 spiro atoms. The van der Waals surface area contributed by atoms with Gasteiger partial charge in [-0.2, -0.15) is 0 Å². The fourth-order valence-corrected chi connectivity index (χ4v) is 2.70. The molecule has 0 aliphatic heterocycles. The molecule has 1 saturated carbocycles. The molecule has 0 radical (unpaired) electrons. The number of phenols is 2. The van der Waals surface area contributed by atoms with Gasteiger partial charge in [0.05, 0.1) is 5.60 Å². The second-order valence-electron chi connectivity index (χ2n) is 6.81. The van der Waals surface area contributed by atoms with Crippen molar-refractivity contribution in [1.29, 1.82) is 0 Å². The number of rotatable bonds is 4. The second-order valence-corrected chi connectivity index (χ2v) is 6.81. The Balaban J connectivity index is 1.84. The molecule has 0 saturated heterocycles. The number of hydrogen-bond donors (Lipinski definition) is 4. The number of phenolic OH excluding ortho intramolecular Hbond substituents is 2. The lowest BCUT2D eigenvalue weighted by Crippen LogP contribution is -2.44. The summed E-state index contributed by atoms with van der Waals surface area (Å²) in [6.07, 6.45) is 3.70. The van der Waals surface area contributed by atoms with Gasteiger partial charge in [-0.1, -0.05) is 19.9 Å². The summed E-state index contributed by atoms with van der Waals surface area (Å²) in [6.45, 7) is 5.50. The van der Waals surface area contributed by atoms with Crippen LogP contribution < -0.4 is 5.32 Å². The quantitative estimate of drug-likeness (QED) is 0.683. The van der Waals surface area contributed by atoms with E-state index in [0.717, 1.165) is 31.2 Å². The minimum Gasteiger partial charge on any atom is -0.508 e. The van der Waals surface area contributed by atoms with E-state index in [9.17, 15) is 15.3 Å². The molecule has 0 aromatic heterocycles. The van der Waals surface area contributed by atoms with Gasteiger partial charge in [-0.05, 0) is 37.2 Å². The van der Waals surface area contributed by atoms with Crippen LogP contribution in [0.5, 0.6) is 11.5 Å². The van der Waals surface area contributed by atoms with Crippen molar-refractivity contribution in [3.63, 3.8) is 0 Å². The molecular formula is C16H25NO3. The second kappa shape index (κ2) is 5.62. The van der Waals surface area contributed by atoms with Gasteiger partial charge in [-0.15, -0.1) is 0 Å². The van der Waals surface area contributed by atoms with Crippen molar-refractivity contribution in [2.75, 3.05) is 6.54 Å². The lowest BCUT2D eigenvalue weighted by atomic mass is 9.71. The van der Waals surface area contributed by atoms with Gasteiger partial charge in [-0.3, -0.25) is 0 Å². The van der Waals surface area contributed by atoms with Crippen molar-refractivity contribution in [2.24, 2.45) is 5.41 Å². The van der Waals surface area contributed by atoms with E-state index in [1.54, 1.807) is 12.1 Å². The van der Waals surface area contributed by atoms with E-state index in [0.29, 0.717) is 18.5 Å². The molecule has 1 aliphatic rings. The zero-order chi connectivity index (χ0) is 14.8. The fourth-order valence-electron chi connectivity index (χ4n) is 2.70. The average molecular weight is 279 g/mol. The number of benzene rings is 1. The van der Waals surface area contributed by atoms with Crippen molar-refractivity contribution in [2.45, 2.75) is 51.7 Å². The Morgan fingerprint density at radius 2 is 1.75 bits per heavy atom. The summed E-state index contributed by atoms with van der Waals surface area (Å²) in [4.78, 5) is 0. The SMILES string of the molecule is CC1(C)CCC(O)(CNCc2ccc(O)cc2O)CC1. The predicted molar refractivity (Wildman–Crippen MR) is 78.7 cm³/mol. The highest BCUT2D eigenvalue weighted by molar-refractivity contribution is 5.38. The third kappa shape index (κ3) is 3.87. The molecule has 20 heavy (non-hydrogen) atoms. The first-order valence-corrected chi connectivity index (χ1v) is 7.24. The summed E-state index contributed by atoms with van der Waals surface area (Å²) in [5, 5.41) is 32.7. The lowest BCUT2D eigenvalue weighted by molar-refractivity contribution is -0.0245. The molecule has 2 rings (SSSR count). The van der Waals surface area contributed by atoms with Gasteiger partial charge in [0.15, 0.2) is 0 Å². The fraction of sp³-hybridized carbons (Fsp3) is 0.625. The Bertz CT molecular complexity index is 461. The minimum atomic E-state index is -0.637. The molecule has 0 unspecified atom stereocenters. The van der Waals surface area contributed by atoms with Gasteiger partial charge in [0.1, 0.15) is 11.5 Å². The van der Waals surface area contributed by atoms with Crippen molar-refractivity contribution in [3.05, 3.63) is 23.8 Å². The number of aromatic hydroxyl groups is 2. The number of nitrogens with one attached hydrogen (secondary N) is 1. The van der Waals surface area contributed by atoms with E-state index in [4.69, 9.17) is 0 Å². The lowest BCUT2D eigenvalue weighted by Gasteiger charge is -2.40. The highest BCUT2D eigenvalue weighted by atomic mass is 16.3. The monoisotopic (exact) mass is 279 g/mol. The van der Waals surface area contributed by atoms with Crippen LogP contribution in [0.3, 0.4) is 0 Å². The van der Waals surface area contributed by atoms with E-state index in [1.165, 1.54) is 6.07 Å². The van der Waals surface area contributed by atoms with Gasteiger partial charge in [0, 0.05) is 24.7 Å². The van der Waals surface area contributed by atoms with Crippen LogP contribution in [0.15, 0.2) is 18.2 Å². The average Bonchev–Trinajstić information content (AvgIpc) is 2.37. The first kappa shape index (κ1) is 15.1. The first-order valence-electron chi connectivity index (χ1n) is 7.24. The summed E-state index contributed by atoms with van der Waals surface area (Å²) < 4.78 is 0. The maximum atomic E-state index is 10.5. The van der Waals surface area contributed by atoms with Crippen LogP contribution in [0, 0.1) is 5.41 Å². The molecule has 0 bridgehead atoms. The molecule has 0 heterocycles. The summed E-state index contributed by atoms with van der Waals surface area (Å²) in [5.74, 6) is 0.133. The van der Waals surface area contributed by atoms with Crippen LogP contribution in [0.1, 0.15) is 45.1 Å². The molecule has 4 heteroatoms. The normalized spacial score (nSPS) is 20.8. The van der Waals surface area contributed by atoms with Gasteiger partial charge < -0.3 is 20.6 Å². The van der Waals surface area contributed by atoms with Gasteiger partial charge in [-0.25, -0.2) is 0 Å². The van der Waals surface area contributed by atoms with Crippen molar-refractivity contribution < 1.29 is 15.3 Å². The maximum Gasteiger partial charge on any atom is 0.123 e. The van der Waals surface area contributed by atoms with E-state index in [2.05, 4.69) is 19.2 Å². The number of aliphatic hydroxyl groups is 1. The Hall–Kier alpha value is -1.26.